The number of thiazole rings is 1. The van der Waals surface area contributed by atoms with Crippen molar-refractivity contribution >= 4 is 38.8 Å². The Balaban J connectivity index is 1.22. The van der Waals surface area contributed by atoms with E-state index in [0.29, 0.717) is 53.9 Å². The summed E-state index contributed by atoms with van der Waals surface area (Å²) in [4.78, 5) is 36.7. The number of nitrogens with zero attached hydrogens (tertiary/aromatic N) is 8. The fourth-order valence-corrected chi connectivity index (χ4v) is 6.70. The van der Waals surface area contributed by atoms with Crippen molar-refractivity contribution < 1.29 is 14.3 Å². The minimum atomic E-state index is -0.400. The topological polar surface area (TPSA) is 94.5 Å². The van der Waals surface area contributed by atoms with Crippen LogP contribution in [0, 0.1) is 12.4 Å². The van der Waals surface area contributed by atoms with E-state index >= 15 is 0 Å². The van der Waals surface area contributed by atoms with Crippen LogP contribution in [0.25, 0.3) is 21.7 Å². The number of aliphatic hydroxyl groups is 1. The second-order valence-corrected chi connectivity index (χ2v) is 11.9. The van der Waals surface area contributed by atoms with Crippen molar-refractivity contribution in [3.05, 3.63) is 65.3 Å². The first-order chi connectivity index (χ1) is 20.3. The smallest absolute Gasteiger partial charge is 0.270 e. The van der Waals surface area contributed by atoms with Gasteiger partial charge in [-0.15, -0.1) is 11.3 Å². The number of rotatable bonds is 7. The SMILES string of the molecule is [C-]#[N+]c1sc(N(C)c2c(CC)nc3cnc(C4CCN(CC(=O)N5CC[C@@H](O)C5)CC4)cn23)nc1-c1ccc(F)cc1. The van der Waals surface area contributed by atoms with Gasteiger partial charge in [0.2, 0.25) is 5.91 Å². The van der Waals surface area contributed by atoms with Crippen molar-refractivity contribution in [2.24, 2.45) is 0 Å². The van der Waals surface area contributed by atoms with Crippen LogP contribution in [-0.4, -0.2) is 86.0 Å². The molecule has 0 spiro atoms. The van der Waals surface area contributed by atoms with Crippen molar-refractivity contribution in [2.75, 3.05) is 44.7 Å². The van der Waals surface area contributed by atoms with Gasteiger partial charge in [-0.1, -0.05) is 19.1 Å². The first kappa shape index (κ1) is 28.2. The number of anilines is 2. The Labute approximate surface area is 247 Å². The Morgan fingerprint density at radius 2 is 1.95 bits per heavy atom. The Morgan fingerprint density at radius 3 is 2.62 bits per heavy atom. The average Bonchev–Trinajstić information content (AvgIpc) is 3.73. The summed E-state index contributed by atoms with van der Waals surface area (Å²) >= 11 is 1.30. The largest absolute Gasteiger partial charge is 0.391 e. The van der Waals surface area contributed by atoms with Gasteiger partial charge in [-0.3, -0.25) is 19.1 Å². The minimum Gasteiger partial charge on any atom is -0.391 e. The number of amides is 1. The Kier molecular flexibility index (Phi) is 7.90. The van der Waals surface area contributed by atoms with E-state index in [0.717, 1.165) is 48.8 Å². The molecular formula is C30H33FN8O2S. The van der Waals surface area contributed by atoms with Crippen LogP contribution in [-0.2, 0) is 11.2 Å². The van der Waals surface area contributed by atoms with Gasteiger partial charge >= 0.3 is 0 Å². The monoisotopic (exact) mass is 588 g/mol. The van der Waals surface area contributed by atoms with E-state index in [-0.39, 0.29) is 17.6 Å². The van der Waals surface area contributed by atoms with E-state index in [1.54, 1.807) is 17.0 Å². The van der Waals surface area contributed by atoms with Gasteiger partial charge in [0.05, 0.1) is 42.5 Å². The summed E-state index contributed by atoms with van der Waals surface area (Å²) in [5, 5.41) is 10.9. The predicted molar refractivity (Wildman–Crippen MR) is 160 cm³/mol. The molecule has 5 heterocycles. The Hall–Kier alpha value is -3.92. The number of carbonyl (C=O) groups excluding carboxylic acids is 1. The minimum absolute atomic E-state index is 0.0916. The summed E-state index contributed by atoms with van der Waals surface area (Å²) in [5.74, 6) is 0.899. The number of aromatic nitrogens is 4. The molecule has 6 rings (SSSR count). The van der Waals surface area contributed by atoms with Crippen LogP contribution < -0.4 is 4.90 Å². The molecule has 0 radical (unpaired) electrons. The molecular weight excluding hydrogens is 555 g/mol. The lowest BCUT2D eigenvalue weighted by atomic mass is 9.94. The fourth-order valence-electron chi connectivity index (χ4n) is 5.86. The lowest BCUT2D eigenvalue weighted by molar-refractivity contribution is -0.132. The third-order valence-corrected chi connectivity index (χ3v) is 9.24. The highest BCUT2D eigenvalue weighted by Crippen LogP contribution is 2.42. The normalized spacial score (nSPS) is 18.1. The standard InChI is InChI=1S/C30H33FN8O2S/c1-4-23-29(36(3)30-35-27(28(32-2)42-30)20-5-7-21(31)8-6-20)39-17-24(33-15-25(39)34-23)19-9-12-37(13-10-19)18-26(41)38-14-11-22(40)16-38/h5-8,15,17,19,22,40H,4,9-14,16,18H2,1,3H3/t22-/m1/s1. The quantitative estimate of drug-likeness (QED) is 0.314. The van der Waals surface area contributed by atoms with Crippen LogP contribution in [0.1, 0.15) is 43.5 Å². The molecule has 2 aliphatic rings. The first-order valence-corrected chi connectivity index (χ1v) is 15.1. The summed E-state index contributed by atoms with van der Waals surface area (Å²) in [6.07, 6.45) is 6.65. The maximum atomic E-state index is 13.5. The number of halogens is 1. The van der Waals surface area contributed by atoms with Crippen molar-refractivity contribution in [1.29, 1.82) is 0 Å². The van der Waals surface area contributed by atoms with Gasteiger partial charge in [-0.25, -0.2) is 19.2 Å². The van der Waals surface area contributed by atoms with Crippen LogP contribution in [0.4, 0.5) is 20.3 Å². The average molecular weight is 589 g/mol. The number of piperidine rings is 1. The number of fused-ring (bicyclic) bond motifs is 1. The number of hydrogen-bond donors (Lipinski definition) is 1. The van der Waals surface area contributed by atoms with E-state index in [1.807, 2.05) is 18.1 Å². The Morgan fingerprint density at radius 1 is 1.19 bits per heavy atom. The lowest BCUT2D eigenvalue weighted by Gasteiger charge is -2.32. The van der Waals surface area contributed by atoms with Crippen LogP contribution >= 0.6 is 11.3 Å². The van der Waals surface area contributed by atoms with E-state index in [1.165, 1.54) is 23.5 Å². The predicted octanol–water partition coefficient (Wildman–Crippen LogP) is 4.65. The Bertz CT molecular complexity index is 1640. The van der Waals surface area contributed by atoms with Gasteiger partial charge in [0.1, 0.15) is 11.6 Å². The zero-order valence-corrected chi connectivity index (χ0v) is 24.5. The molecule has 2 fully saturated rings. The molecule has 218 valence electrons. The lowest BCUT2D eigenvalue weighted by Crippen LogP contribution is -2.42. The van der Waals surface area contributed by atoms with Crippen LogP contribution in [0.5, 0.6) is 0 Å². The molecule has 1 N–H and O–H groups in total. The molecule has 2 aliphatic heterocycles. The van der Waals surface area contributed by atoms with Gasteiger partial charge in [0, 0.05) is 32.3 Å². The molecule has 0 aliphatic carbocycles. The second kappa shape index (κ2) is 11.8. The van der Waals surface area contributed by atoms with Crippen molar-refractivity contribution in [2.45, 2.75) is 44.6 Å². The molecule has 42 heavy (non-hydrogen) atoms. The van der Waals surface area contributed by atoms with Gasteiger partial charge in [0.25, 0.3) is 5.00 Å². The van der Waals surface area contributed by atoms with E-state index in [9.17, 15) is 14.3 Å². The molecule has 3 aromatic heterocycles. The van der Waals surface area contributed by atoms with Crippen LogP contribution in [0.3, 0.4) is 0 Å². The number of β-amino-alcohol motifs (C(OH)–C–C–N with tert-alkyl or cyclic N) is 1. The molecule has 4 aromatic rings. The summed E-state index contributed by atoms with van der Waals surface area (Å²) in [6, 6.07) is 6.04. The van der Waals surface area contributed by atoms with Crippen LogP contribution in [0.15, 0.2) is 36.7 Å². The highest BCUT2D eigenvalue weighted by molar-refractivity contribution is 7.20. The zero-order chi connectivity index (χ0) is 29.4. The number of hydrogen-bond acceptors (Lipinski definition) is 8. The molecule has 0 unspecified atom stereocenters. The summed E-state index contributed by atoms with van der Waals surface area (Å²) in [7, 11) is 1.93. The number of likely N-dealkylation sites (tertiary alicyclic amines) is 2. The third-order valence-electron chi connectivity index (χ3n) is 8.21. The molecule has 1 atom stereocenters. The van der Waals surface area contributed by atoms with Crippen molar-refractivity contribution in [1.82, 2.24) is 29.2 Å². The van der Waals surface area contributed by atoms with E-state index < -0.39 is 6.10 Å². The van der Waals surface area contributed by atoms with Crippen molar-refractivity contribution in [3.63, 3.8) is 0 Å². The maximum Gasteiger partial charge on any atom is 0.270 e. The molecule has 10 nitrogen and oxygen atoms in total. The number of carbonyl (C=O) groups is 1. The third kappa shape index (κ3) is 5.47. The summed E-state index contributed by atoms with van der Waals surface area (Å²) in [5.41, 5.74) is 3.87. The van der Waals surface area contributed by atoms with Gasteiger partial charge in [0.15, 0.2) is 10.8 Å². The van der Waals surface area contributed by atoms with Gasteiger partial charge in [-0.2, -0.15) is 0 Å². The molecule has 2 saturated heterocycles. The van der Waals surface area contributed by atoms with Crippen molar-refractivity contribution in [3.8, 4) is 11.3 Å². The zero-order valence-electron chi connectivity index (χ0n) is 23.7. The highest BCUT2D eigenvalue weighted by atomic mass is 32.1. The molecule has 0 saturated carbocycles. The summed E-state index contributed by atoms with van der Waals surface area (Å²) < 4.78 is 15.6. The first-order valence-electron chi connectivity index (χ1n) is 14.3. The van der Waals surface area contributed by atoms with E-state index in [2.05, 4.69) is 27.3 Å². The number of aryl methyl sites for hydroxylation is 1. The molecule has 0 bridgehead atoms. The molecule has 12 heteroatoms. The maximum absolute atomic E-state index is 13.5. The highest BCUT2D eigenvalue weighted by Gasteiger charge is 2.29. The van der Waals surface area contributed by atoms with E-state index in [4.69, 9.17) is 21.5 Å². The fraction of sp³-hybridized carbons (Fsp3) is 0.433. The molecule has 1 amide bonds. The number of benzene rings is 1. The molecule has 1 aromatic carbocycles. The van der Waals surface area contributed by atoms with Crippen LogP contribution in [0.2, 0.25) is 0 Å². The number of aliphatic hydroxyl groups excluding tert-OH is 1. The van der Waals surface area contributed by atoms with Gasteiger partial charge < -0.3 is 14.9 Å². The number of imidazole rings is 1. The van der Waals surface area contributed by atoms with Gasteiger partial charge in [-0.05, 0) is 56.5 Å². The summed E-state index contributed by atoms with van der Waals surface area (Å²) in [6.45, 7) is 12.9. The second-order valence-electron chi connectivity index (χ2n) is 10.9.